The van der Waals surface area contributed by atoms with Gasteiger partial charge in [0.1, 0.15) is 30.5 Å². The smallest absolute Gasteiger partial charge is 0.239 e. The number of carbonyl (C=O) groups is 1. The van der Waals surface area contributed by atoms with Gasteiger partial charge >= 0.3 is 0 Å². The molecule has 6 heteroatoms. The Morgan fingerprint density at radius 2 is 2.12 bits per heavy atom. The molecule has 0 spiro atoms. The molecule has 0 saturated heterocycles. The van der Waals surface area contributed by atoms with Crippen molar-refractivity contribution in [2.75, 3.05) is 37.7 Å². The van der Waals surface area contributed by atoms with Crippen molar-refractivity contribution >= 4 is 11.6 Å². The molecule has 5 nitrogen and oxygen atoms in total. The van der Waals surface area contributed by atoms with Crippen LogP contribution in [0.2, 0.25) is 0 Å². The second-order valence-electron chi connectivity index (χ2n) is 5.39. The van der Waals surface area contributed by atoms with Crippen LogP contribution in [0.3, 0.4) is 0 Å². The van der Waals surface area contributed by atoms with Crippen LogP contribution in [0.5, 0.6) is 11.5 Å². The SMILES string of the molecule is O=C(CN1CCOc2ccccc21)NCCOc1cccc(F)c1. The minimum Gasteiger partial charge on any atom is -0.492 e. The van der Waals surface area contributed by atoms with Crippen molar-refractivity contribution in [3.8, 4) is 11.5 Å². The fraction of sp³-hybridized carbons (Fsp3) is 0.278. The number of benzene rings is 2. The molecule has 0 atom stereocenters. The third-order valence-corrected chi connectivity index (χ3v) is 3.65. The molecule has 0 aromatic heterocycles. The van der Waals surface area contributed by atoms with E-state index in [0.29, 0.717) is 25.4 Å². The fourth-order valence-electron chi connectivity index (χ4n) is 2.54. The summed E-state index contributed by atoms with van der Waals surface area (Å²) >= 11 is 0. The number of anilines is 1. The van der Waals surface area contributed by atoms with E-state index in [1.54, 1.807) is 12.1 Å². The number of para-hydroxylation sites is 2. The van der Waals surface area contributed by atoms with Gasteiger partial charge in [-0.3, -0.25) is 4.79 Å². The van der Waals surface area contributed by atoms with E-state index in [0.717, 1.165) is 11.4 Å². The number of hydrogen-bond donors (Lipinski definition) is 1. The Morgan fingerprint density at radius 1 is 1.25 bits per heavy atom. The van der Waals surface area contributed by atoms with Crippen LogP contribution in [-0.2, 0) is 4.79 Å². The number of nitrogens with zero attached hydrogens (tertiary/aromatic N) is 1. The van der Waals surface area contributed by atoms with E-state index in [2.05, 4.69) is 5.32 Å². The predicted molar refractivity (Wildman–Crippen MR) is 89.1 cm³/mol. The van der Waals surface area contributed by atoms with E-state index in [4.69, 9.17) is 9.47 Å². The van der Waals surface area contributed by atoms with Gasteiger partial charge in [0.25, 0.3) is 0 Å². The monoisotopic (exact) mass is 330 g/mol. The van der Waals surface area contributed by atoms with E-state index in [1.807, 2.05) is 29.2 Å². The average molecular weight is 330 g/mol. The summed E-state index contributed by atoms with van der Waals surface area (Å²) in [6, 6.07) is 13.6. The largest absolute Gasteiger partial charge is 0.492 e. The molecule has 0 bridgehead atoms. The van der Waals surface area contributed by atoms with Crippen molar-refractivity contribution in [2.24, 2.45) is 0 Å². The summed E-state index contributed by atoms with van der Waals surface area (Å²) in [5, 5.41) is 2.81. The van der Waals surface area contributed by atoms with Crippen LogP contribution < -0.4 is 19.7 Å². The normalized spacial score (nSPS) is 13.0. The predicted octanol–water partition coefficient (Wildman–Crippen LogP) is 2.22. The van der Waals surface area contributed by atoms with Crippen LogP contribution in [0.25, 0.3) is 0 Å². The first-order chi connectivity index (χ1) is 11.7. The summed E-state index contributed by atoms with van der Waals surface area (Å²) < 4.78 is 24.0. The topological polar surface area (TPSA) is 50.8 Å². The maximum absolute atomic E-state index is 13.0. The Kier molecular flexibility index (Phi) is 5.15. The van der Waals surface area contributed by atoms with Crippen LogP contribution in [-0.4, -0.2) is 38.8 Å². The van der Waals surface area contributed by atoms with Gasteiger partial charge in [-0.1, -0.05) is 18.2 Å². The lowest BCUT2D eigenvalue weighted by atomic mass is 10.2. The Morgan fingerprint density at radius 3 is 3.00 bits per heavy atom. The number of halogens is 1. The van der Waals surface area contributed by atoms with E-state index in [1.165, 1.54) is 12.1 Å². The first-order valence-corrected chi connectivity index (χ1v) is 7.84. The number of amides is 1. The van der Waals surface area contributed by atoms with Crippen LogP contribution >= 0.6 is 0 Å². The first kappa shape index (κ1) is 16.1. The van der Waals surface area contributed by atoms with Gasteiger partial charge in [0.05, 0.1) is 25.3 Å². The highest BCUT2D eigenvalue weighted by Crippen LogP contribution is 2.30. The van der Waals surface area contributed by atoms with Crippen LogP contribution in [0.1, 0.15) is 0 Å². The highest BCUT2D eigenvalue weighted by Gasteiger charge is 2.19. The molecule has 3 rings (SSSR count). The molecule has 0 fully saturated rings. The quantitative estimate of drug-likeness (QED) is 0.825. The number of hydrogen-bond acceptors (Lipinski definition) is 4. The highest BCUT2D eigenvalue weighted by atomic mass is 19.1. The summed E-state index contributed by atoms with van der Waals surface area (Å²) in [5.41, 5.74) is 0.926. The van der Waals surface area contributed by atoms with Crippen molar-refractivity contribution in [3.05, 3.63) is 54.3 Å². The van der Waals surface area contributed by atoms with Crippen molar-refractivity contribution in [1.82, 2.24) is 5.32 Å². The van der Waals surface area contributed by atoms with E-state index in [9.17, 15) is 9.18 Å². The van der Waals surface area contributed by atoms with Gasteiger partial charge in [-0.15, -0.1) is 0 Å². The number of carbonyl (C=O) groups excluding carboxylic acids is 1. The van der Waals surface area contributed by atoms with Gasteiger partial charge in [0.15, 0.2) is 0 Å². The lowest BCUT2D eigenvalue weighted by molar-refractivity contribution is -0.119. The van der Waals surface area contributed by atoms with Crippen molar-refractivity contribution in [2.45, 2.75) is 0 Å². The third-order valence-electron chi connectivity index (χ3n) is 3.65. The molecular weight excluding hydrogens is 311 g/mol. The van der Waals surface area contributed by atoms with Crippen molar-refractivity contribution in [1.29, 1.82) is 0 Å². The molecule has 2 aromatic rings. The minimum absolute atomic E-state index is 0.0884. The summed E-state index contributed by atoms with van der Waals surface area (Å²) in [6.07, 6.45) is 0. The summed E-state index contributed by atoms with van der Waals surface area (Å²) in [4.78, 5) is 14.1. The minimum atomic E-state index is -0.345. The molecular formula is C18H19FN2O3. The summed E-state index contributed by atoms with van der Waals surface area (Å²) in [6.45, 7) is 2.15. The molecule has 2 aromatic carbocycles. The standard InChI is InChI=1S/C18H19FN2O3/c19-14-4-3-5-15(12-14)23-10-8-20-18(22)13-21-9-11-24-17-7-2-1-6-16(17)21/h1-7,12H,8-11,13H2,(H,20,22). The van der Waals surface area contributed by atoms with Crippen LogP contribution in [0.15, 0.2) is 48.5 Å². The molecule has 1 aliphatic heterocycles. The van der Waals surface area contributed by atoms with Gasteiger partial charge in [-0.2, -0.15) is 0 Å². The molecule has 0 saturated carbocycles. The van der Waals surface area contributed by atoms with E-state index >= 15 is 0 Å². The Labute approximate surface area is 140 Å². The fourth-order valence-corrected chi connectivity index (χ4v) is 2.54. The summed E-state index contributed by atoms with van der Waals surface area (Å²) in [7, 11) is 0. The second-order valence-corrected chi connectivity index (χ2v) is 5.39. The zero-order valence-electron chi connectivity index (χ0n) is 13.2. The number of rotatable bonds is 6. The maximum Gasteiger partial charge on any atom is 0.239 e. The Bertz CT molecular complexity index is 708. The molecule has 126 valence electrons. The van der Waals surface area contributed by atoms with Crippen molar-refractivity contribution in [3.63, 3.8) is 0 Å². The molecule has 0 unspecified atom stereocenters. The lowest BCUT2D eigenvalue weighted by Crippen LogP contribution is -2.42. The van der Waals surface area contributed by atoms with Crippen LogP contribution in [0, 0.1) is 5.82 Å². The summed E-state index contributed by atoms with van der Waals surface area (Å²) in [5.74, 6) is 0.814. The first-order valence-electron chi connectivity index (χ1n) is 7.84. The van der Waals surface area contributed by atoms with Gasteiger partial charge in [0, 0.05) is 6.07 Å². The van der Waals surface area contributed by atoms with Gasteiger partial charge in [0.2, 0.25) is 5.91 Å². The molecule has 1 aliphatic rings. The average Bonchev–Trinajstić information content (AvgIpc) is 2.59. The third kappa shape index (κ3) is 4.16. The van der Waals surface area contributed by atoms with Gasteiger partial charge in [-0.25, -0.2) is 4.39 Å². The maximum atomic E-state index is 13.0. The highest BCUT2D eigenvalue weighted by molar-refractivity contribution is 5.82. The molecule has 1 amide bonds. The van der Waals surface area contributed by atoms with Gasteiger partial charge in [-0.05, 0) is 24.3 Å². The Hall–Kier alpha value is -2.76. The number of ether oxygens (including phenoxy) is 2. The van der Waals surface area contributed by atoms with E-state index in [-0.39, 0.29) is 24.9 Å². The van der Waals surface area contributed by atoms with Crippen LogP contribution in [0.4, 0.5) is 10.1 Å². The molecule has 1 heterocycles. The van der Waals surface area contributed by atoms with Gasteiger partial charge < -0.3 is 19.7 Å². The Balaban J connectivity index is 1.43. The zero-order chi connectivity index (χ0) is 16.8. The molecule has 0 radical (unpaired) electrons. The van der Waals surface area contributed by atoms with Crippen molar-refractivity contribution < 1.29 is 18.7 Å². The number of fused-ring (bicyclic) bond motifs is 1. The lowest BCUT2D eigenvalue weighted by Gasteiger charge is -2.30. The molecule has 1 N–H and O–H groups in total. The zero-order valence-corrected chi connectivity index (χ0v) is 13.2. The molecule has 0 aliphatic carbocycles. The van der Waals surface area contributed by atoms with E-state index < -0.39 is 0 Å². The molecule has 24 heavy (non-hydrogen) atoms. The second kappa shape index (κ2) is 7.68. The number of nitrogens with one attached hydrogen (secondary N) is 1.